The number of carbonyl (C=O) groups excluding carboxylic acids is 5. The number of aromatic amines is 2. The minimum Gasteiger partial charge on any atom is -0.481 e. The van der Waals surface area contributed by atoms with Gasteiger partial charge >= 0.3 is 11.9 Å². The molecule has 75 heavy (non-hydrogen) atoms. The number of rotatable bonds is 28. The Bertz CT molecular complexity index is 3000. The molecule has 0 saturated heterocycles. The van der Waals surface area contributed by atoms with Gasteiger partial charge in [0.2, 0.25) is 29.5 Å². The number of hydrogen-bond acceptors (Lipinski definition) is 12. The summed E-state index contributed by atoms with van der Waals surface area (Å²) in [5.74, 6) is -6.07. The Hall–Kier alpha value is -8.44. The van der Waals surface area contributed by atoms with Crippen LogP contribution in [0.3, 0.4) is 0 Å². The minimum absolute atomic E-state index is 0.00386. The van der Waals surface area contributed by atoms with Crippen molar-refractivity contribution in [1.82, 2.24) is 41.2 Å². The molecule has 5 rings (SSSR count). The Labute approximate surface area is 432 Å². The molecule has 23 nitrogen and oxygen atoms in total. The molecular weight excluding hydrogens is 969 g/mol. The summed E-state index contributed by atoms with van der Waals surface area (Å²) in [6.07, 6.45) is 3.80. The van der Waals surface area contributed by atoms with Crippen molar-refractivity contribution >= 4 is 104 Å². The Morgan fingerprint density at radius 3 is 1.81 bits per heavy atom. The highest BCUT2D eigenvalue weighted by Crippen LogP contribution is 2.38. The number of aromatic nitrogens is 4. The molecule has 2 aliphatic rings. The summed E-state index contributed by atoms with van der Waals surface area (Å²) in [7, 11) is 0. The second-order valence-electron chi connectivity index (χ2n) is 17.8. The third-order valence-electron chi connectivity index (χ3n) is 12.5. The van der Waals surface area contributed by atoms with E-state index in [-0.39, 0.29) is 76.9 Å². The first-order chi connectivity index (χ1) is 35.7. The van der Waals surface area contributed by atoms with Crippen molar-refractivity contribution in [2.75, 3.05) is 46.1 Å². The van der Waals surface area contributed by atoms with E-state index in [1.165, 1.54) is 0 Å². The second-order valence-corrected chi connectivity index (χ2v) is 17.8. The van der Waals surface area contributed by atoms with Crippen molar-refractivity contribution in [2.24, 2.45) is 22.2 Å². The van der Waals surface area contributed by atoms with Crippen LogP contribution in [0.5, 0.6) is 0 Å². The summed E-state index contributed by atoms with van der Waals surface area (Å²) in [5.41, 5.74) is 29.0. The summed E-state index contributed by atoms with van der Waals surface area (Å²) < 4.78 is 11.0. The fourth-order valence-corrected chi connectivity index (χ4v) is 8.45. The summed E-state index contributed by atoms with van der Waals surface area (Å²) in [6.45, 7) is 15.5. The zero-order valence-electron chi connectivity index (χ0n) is 42.6. The predicted molar refractivity (Wildman–Crippen MR) is 285 cm³/mol. The van der Waals surface area contributed by atoms with E-state index in [0.29, 0.717) is 29.2 Å². The number of aliphatic carboxylic acids is 2. The van der Waals surface area contributed by atoms with E-state index in [4.69, 9.17) is 41.7 Å². The van der Waals surface area contributed by atoms with E-state index in [1.807, 2.05) is 58.0 Å². The van der Waals surface area contributed by atoms with Crippen LogP contribution in [0.4, 0.5) is 0 Å². The lowest BCUT2D eigenvalue weighted by molar-refractivity contribution is -0.140. The molecule has 3 aromatic rings. The van der Waals surface area contributed by atoms with Gasteiger partial charge in [-0.25, -0.2) is 9.97 Å². The van der Waals surface area contributed by atoms with E-state index in [9.17, 15) is 38.7 Å². The fraction of sp³-hybridized carbons (Fsp3) is 0.385. The number of allylic oxidation sites excluding steroid dienone is 4. The SMILES string of the molecule is C=Cc1c(C)c2cc3[nH]c(cc4nc(cc5nc(cc1[nH]2)C(C)=C5CCC(=O)NCCOCCOCC(=O)N[C@@H](CCCN=C(N)N)C(=O)NCC(=O)N[C@@H](CC(=O)O)C(N)=O)C(CCC(=O)O)=C4C)c(C)c3C=C. The van der Waals surface area contributed by atoms with E-state index in [2.05, 4.69) is 49.4 Å². The number of ether oxygens (including phenoxy) is 2. The molecule has 8 bridgehead atoms. The largest absolute Gasteiger partial charge is 0.481 e. The normalized spacial score (nSPS) is 12.9. The summed E-state index contributed by atoms with van der Waals surface area (Å²) in [5, 5.41) is 28.5. The number of nitrogens with zero attached hydrogens (tertiary/aromatic N) is 3. The molecule has 0 aliphatic carbocycles. The molecule has 400 valence electrons. The third-order valence-corrected chi connectivity index (χ3v) is 12.5. The van der Waals surface area contributed by atoms with Crippen molar-refractivity contribution in [3.63, 3.8) is 0 Å². The van der Waals surface area contributed by atoms with Crippen molar-refractivity contribution in [2.45, 2.75) is 84.7 Å². The predicted octanol–water partition coefficient (Wildman–Crippen LogP) is 2.97. The summed E-state index contributed by atoms with van der Waals surface area (Å²) in [4.78, 5) is 107. The number of aliphatic imine (C=N–C) groups is 1. The van der Waals surface area contributed by atoms with E-state index < -0.39 is 67.2 Å². The molecule has 0 fully saturated rings. The van der Waals surface area contributed by atoms with Crippen LogP contribution < -0.4 is 38.5 Å². The second kappa shape index (κ2) is 27.0. The number of carbonyl (C=O) groups is 7. The highest BCUT2D eigenvalue weighted by molar-refractivity contribution is 5.98. The maximum atomic E-state index is 13.3. The van der Waals surface area contributed by atoms with Crippen LogP contribution in [0.1, 0.15) is 104 Å². The average Bonchev–Trinajstić information content (AvgIpc) is 4.02. The summed E-state index contributed by atoms with van der Waals surface area (Å²) in [6, 6.07) is 5.20. The minimum atomic E-state index is -1.50. The van der Waals surface area contributed by atoms with Crippen molar-refractivity contribution in [3.8, 4) is 0 Å². The molecule has 14 N–H and O–H groups in total. The molecule has 0 aromatic carbocycles. The van der Waals surface area contributed by atoms with Gasteiger partial charge in [0, 0.05) is 59.1 Å². The number of nitrogens with one attached hydrogen (secondary N) is 6. The maximum Gasteiger partial charge on any atom is 0.305 e. The molecule has 5 amide bonds. The van der Waals surface area contributed by atoms with Crippen LogP contribution >= 0.6 is 0 Å². The standard InChI is InChI=1S/C52H66N12O11/c1-7-31-27(3)36-20-37-30(6)34(12-14-48(68)69)43(61-37)23-42-33(29(5)39(62-42)22-41-32(8-2)28(4)38(60-41)21-40(31)59-36)11-13-45(65)56-16-17-74-18-19-75-26-47(67)63-35(10-9-15-57-52(54)55)51(73)58-25-46(66)64-44(50(53)72)24-49(70)71/h7-8,20-23,35,44,59-60H,1-2,9-19,24-26H2,3-6H3,(H2,53,72)(H,56,65)(H,58,73)(H,63,67)(H,64,66)(H,68,69)(H,70,71)(H4,54,55,57)/t35-,44-/m0/s1. The molecule has 2 aliphatic heterocycles. The number of carboxylic acid groups (broad SMARTS) is 2. The van der Waals surface area contributed by atoms with Gasteiger partial charge in [-0.1, -0.05) is 25.3 Å². The van der Waals surface area contributed by atoms with Gasteiger partial charge < -0.3 is 68.1 Å². The third kappa shape index (κ3) is 16.0. The Balaban J connectivity index is 1.20. The molecule has 0 saturated carbocycles. The maximum absolute atomic E-state index is 13.3. The Kier molecular flexibility index (Phi) is 20.7. The molecule has 2 atom stereocenters. The number of hydrogen-bond donors (Lipinski definition) is 11. The lowest BCUT2D eigenvalue weighted by Crippen LogP contribution is -2.52. The van der Waals surface area contributed by atoms with Gasteiger partial charge in [-0.15, -0.1) is 0 Å². The van der Waals surface area contributed by atoms with Crippen molar-refractivity contribution in [3.05, 3.63) is 82.5 Å². The molecule has 5 heterocycles. The van der Waals surface area contributed by atoms with Crippen LogP contribution in [-0.2, 0) is 43.0 Å². The Morgan fingerprint density at radius 2 is 1.24 bits per heavy atom. The molecule has 0 unspecified atom stereocenters. The molecule has 0 spiro atoms. The first-order valence-electron chi connectivity index (χ1n) is 24.2. The number of fused-ring (bicyclic) bond motifs is 8. The quantitative estimate of drug-likeness (QED) is 0.0283. The number of H-pyrrole nitrogens is 2. The molecule has 3 aromatic heterocycles. The molecule has 0 radical (unpaired) electrons. The topological polar surface area (TPSA) is 374 Å². The average molecular weight is 1040 g/mol. The van der Waals surface area contributed by atoms with Crippen LogP contribution in [0.25, 0.3) is 56.5 Å². The van der Waals surface area contributed by atoms with Crippen LogP contribution in [0.15, 0.2) is 42.4 Å². The molecule has 23 heteroatoms. The first-order valence-corrected chi connectivity index (χ1v) is 24.2. The van der Waals surface area contributed by atoms with E-state index in [0.717, 1.165) is 66.6 Å². The van der Waals surface area contributed by atoms with E-state index >= 15 is 0 Å². The first kappa shape index (κ1) is 57.5. The molecular formula is C52H66N12O11. The van der Waals surface area contributed by atoms with Crippen LogP contribution in [0.2, 0.25) is 0 Å². The van der Waals surface area contributed by atoms with Gasteiger partial charge in [0.1, 0.15) is 18.7 Å². The number of carboxylic acids is 2. The zero-order valence-corrected chi connectivity index (χ0v) is 42.6. The van der Waals surface area contributed by atoms with Gasteiger partial charge in [-0.2, -0.15) is 0 Å². The number of amides is 5. The van der Waals surface area contributed by atoms with Crippen molar-refractivity contribution in [1.29, 1.82) is 0 Å². The fourth-order valence-electron chi connectivity index (χ4n) is 8.45. The highest BCUT2D eigenvalue weighted by atomic mass is 16.5. The van der Waals surface area contributed by atoms with Gasteiger partial charge in [0.15, 0.2) is 5.96 Å². The van der Waals surface area contributed by atoms with Crippen LogP contribution in [0, 0.1) is 13.8 Å². The lowest BCUT2D eigenvalue weighted by atomic mass is 9.98. The zero-order chi connectivity index (χ0) is 54.9. The number of aryl methyl sites for hydroxylation is 2. The van der Waals surface area contributed by atoms with Gasteiger partial charge in [-0.3, -0.25) is 38.6 Å². The van der Waals surface area contributed by atoms with Gasteiger partial charge in [0.25, 0.3) is 0 Å². The monoisotopic (exact) mass is 1030 g/mol. The van der Waals surface area contributed by atoms with Gasteiger partial charge in [-0.05, 0) is 111 Å². The van der Waals surface area contributed by atoms with Gasteiger partial charge in [0.05, 0.1) is 55.6 Å². The number of nitrogens with two attached hydrogens (primary N) is 3. The van der Waals surface area contributed by atoms with Crippen LogP contribution in [-0.4, -0.2) is 136 Å². The van der Waals surface area contributed by atoms with E-state index in [1.54, 1.807) is 6.08 Å². The Morgan fingerprint density at radius 1 is 0.680 bits per heavy atom. The highest BCUT2D eigenvalue weighted by Gasteiger charge is 2.26. The smallest absolute Gasteiger partial charge is 0.305 e. The number of guanidine groups is 1. The summed E-state index contributed by atoms with van der Waals surface area (Å²) >= 11 is 0. The number of primary amides is 1. The lowest BCUT2D eigenvalue weighted by Gasteiger charge is -2.19. The van der Waals surface area contributed by atoms with Crippen molar-refractivity contribution < 1.29 is 53.2 Å².